The second-order valence-corrected chi connectivity index (χ2v) is 6.15. The molecule has 0 aromatic carbocycles. The first-order chi connectivity index (χ1) is 9.97. The van der Waals surface area contributed by atoms with Crippen LogP contribution in [0.1, 0.15) is 35.4 Å². The maximum Gasteiger partial charge on any atom is 0.324 e. The Hall–Kier alpha value is -1.96. The Morgan fingerprint density at radius 3 is 2.86 bits per heavy atom. The predicted molar refractivity (Wildman–Crippen MR) is 76.5 cm³/mol. The zero-order chi connectivity index (χ0) is 15.4. The summed E-state index contributed by atoms with van der Waals surface area (Å²) in [5.74, 6) is -0.839. The summed E-state index contributed by atoms with van der Waals surface area (Å²) in [7, 11) is 0. The van der Waals surface area contributed by atoms with Crippen LogP contribution in [0.2, 0.25) is 0 Å². The largest absolute Gasteiger partial charge is 0.481 e. The summed E-state index contributed by atoms with van der Waals surface area (Å²) in [5.41, 5.74) is 0. The van der Waals surface area contributed by atoms with Crippen LogP contribution in [0, 0.1) is 16.0 Å². The highest BCUT2D eigenvalue weighted by atomic mass is 32.1. The molecule has 1 aliphatic rings. The van der Waals surface area contributed by atoms with Crippen LogP contribution < -0.4 is 0 Å². The average Bonchev–Trinajstić information content (AvgIpc) is 2.94. The van der Waals surface area contributed by atoms with E-state index in [4.69, 9.17) is 5.11 Å². The van der Waals surface area contributed by atoms with Gasteiger partial charge in [0.15, 0.2) is 0 Å². The van der Waals surface area contributed by atoms with Gasteiger partial charge in [-0.3, -0.25) is 19.7 Å². The SMILES string of the molecule is O=C(O)CCC1CCCN(C(=O)c2ccc([N+](=O)[O-])s2)C1. The molecule has 1 N–H and O–H groups in total. The van der Waals surface area contributed by atoms with Crippen molar-refractivity contribution in [2.45, 2.75) is 25.7 Å². The van der Waals surface area contributed by atoms with Crippen LogP contribution in [-0.2, 0) is 4.79 Å². The number of carbonyl (C=O) groups is 2. The Balaban J connectivity index is 1.97. The zero-order valence-electron chi connectivity index (χ0n) is 11.4. The molecule has 1 saturated heterocycles. The fourth-order valence-electron chi connectivity index (χ4n) is 2.51. The highest BCUT2D eigenvalue weighted by Gasteiger charge is 2.26. The van der Waals surface area contributed by atoms with Gasteiger partial charge in [0.05, 0.1) is 9.80 Å². The van der Waals surface area contributed by atoms with Crippen molar-refractivity contribution in [3.8, 4) is 0 Å². The molecular formula is C13H16N2O5S. The van der Waals surface area contributed by atoms with Crippen LogP contribution in [0.4, 0.5) is 5.00 Å². The van der Waals surface area contributed by atoms with Crippen LogP contribution in [0.3, 0.4) is 0 Å². The van der Waals surface area contributed by atoms with Crippen molar-refractivity contribution in [1.82, 2.24) is 4.90 Å². The maximum atomic E-state index is 12.3. The van der Waals surface area contributed by atoms with Crippen LogP contribution in [0.15, 0.2) is 12.1 Å². The lowest BCUT2D eigenvalue weighted by Crippen LogP contribution is -2.39. The molecule has 1 aromatic heterocycles. The molecule has 21 heavy (non-hydrogen) atoms. The molecule has 0 bridgehead atoms. The third-order valence-corrected chi connectivity index (χ3v) is 4.58. The van der Waals surface area contributed by atoms with Crippen molar-refractivity contribution in [3.63, 3.8) is 0 Å². The van der Waals surface area contributed by atoms with Gasteiger partial charge in [-0.05, 0) is 31.2 Å². The van der Waals surface area contributed by atoms with Gasteiger partial charge in [-0.15, -0.1) is 0 Å². The summed E-state index contributed by atoms with van der Waals surface area (Å²) >= 11 is 0.878. The summed E-state index contributed by atoms with van der Waals surface area (Å²) in [6.45, 7) is 1.14. The number of nitro groups is 1. The van der Waals surface area contributed by atoms with Gasteiger partial charge in [0.1, 0.15) is 0 Å². The predicted octanol–water partition coefficient (Wildman–Crippen LogP) is 2.37. The number of nitrogens with zero attached hydrogens (tertiary/aromatic N) is 2. The highest BCUT2D eigenvalue weighted by Crippen LogP contribution is 2.27. The first-order valence-electron chi connectivity index (χ1n) is 6.72. The Morgan fingerprint density at radius 1 is 1.48 bits per heavy atom. The third-order valence-electron chi connectivity index (χ3n) is 3.56. The molecule has 0 radical (unpaired) electrons. The smallest absolute Gasteiger partial charge is 0.324 e. The lowest BCUT2D eigenvalue weighted by Gasteiger charge is -2.32. The first-order valence-corrected chi connectivity index (χ1v) is 7.54. The quantitative estimate of drug-likeness (QED) is 0.664. The van der Waals surface area contributed by atoms with E-state index in [0.717, 1.165) is 24.2 Å². The van der Waals surface area contributed by atoms with E-state index in [1.165, 1.54) is 12.1 Å². The Morgan fingerprint density at radius 2 is 2.24 bits per heavy atom. The Bertz CT molecular complexity index is 557. The molecule has 0 spiro atoms. The Kier molecular flexibility index (Phi) is 4.89. The van der Waals surface area contributed by atoms with Crippen LogP contribution in [0.5, 0.6) is 0 Å². The van der Waals surface area contributed by atoms with Crippen LogP contribution in [0.25, 0.3) is 0 Å². The minimum Gasteiger partial charge on any atom is -0.481 e. The summed E-state index contributed by atoms with van der Waals surface area (Å²) in [4.78, 5) is 35.1. The van der Waals surface area contributed by atoms with Gasteiger partial charge in [0, 0.05) is 25.6 Å². The fourth-order valence-corrected chi connectivity index (χ4v) is 3.30. The second kappa shape index (κ2) is 6.66. The van der Waals surface area contributed by atoms with E-state index >= 15 is 0 Å². The lowest BCUT2D eigenvalue weighted by atomic mass is 9.93. The van der Waals surface area contributed by atoms with E-state index in [0.29, 0.717) is 24.4 Å². The average molecular weight is 312 g/mol. The number of hydrogen-bond donors (Lipinski definition) is 1. The normalized spacial score (nSPS) is 18.5. The van der Waals surface area contributed by atoms with Crippen molar-refractivity contribution < 1.29 is 19.6 Å². The molecule has 1 amide bonds. The van der Waals surface area contributed by atoms with Gasteiger partial charge in [-0.1, -0.05) is 11.3 Å². The summed E-state index contributed by atoms with van der Waals surface area (Å²) in [6, 6.07) is 2.82. The van der Waals surface area contributed by atoms with Crippen molar-refractivity contribution in [3.05, 3.63) is 27.1 Å². The molecule has 1 atom stereocenters. The van der Waals surface area contributed by atoms with Crippen molar-refractivity contribution in [2.24, 2.45) is 5.92 Å². The molecular weight excluding hydrogens is 296 g/mol. The number of carboxylic acids is 1. The van der Waals surface area contributed by atoms with Crippen molar-refractivity contribution in [2.75, 3.05) is 13.1 Å². The molecule has 2 heterocycles. The highest BCUT2D eigenvalue weighted by molar-refractivity contribution is 7.17. The molecule has 7 nitrogen and oxygen atoms in total. The maximum absolute atomic E-state index is 12.3. The number of likely N-dealkylation sites (tertiary alicyclic amines) is 1. The van der Waals surface area contributed by atoms with E-state index in [-0.39, 0.29) is 23.2 Å². The molecule has 1 unspecified atom stereocenters. The van der Waals surface area contributed by atoms with Gasteiger partial charge in [0.2, 0.25) is 0 Å². The number of carboxylic acid groups (broad SMARTS) is 1. The number of rotatable bonds is 5. The van der Waals surface area contributed by atoms with Crippen molar-refractivity contribution >= 4 is 28.2 Å². The lowest BCUT2D eigenvalue weighted by molar-refractivity contribution is -0.380. The number of piperidine rings is 1. The van der Waals surface area contributed by atoms with Crippen LogP contribution >= 0.6 is 11.3 Å². The third kappa shape index (κ3) is 4.01. The fraction of sp³-hybridized carbons (Fsp3) is 0.538. The van der Waals surface area contributed by atoms with Gasteiger partial charge in [-0.2, -0.15) is 0 Å². The number of aliphatic carboxylic acids is 1. The summed E-state index contributed by atoms with van der Waals surface area (Å²) in [5, 5.41) is 19.3. The van der Waals surface area contributed by atoms with E-state index in [9.17, 15) is 19.7 Å². The zero-order valence-corrected chi connectivity index (χ0v) is 12.2. The van der Waals surface area contributed by atoms with Gasteiger partial charge in [-0.25, -0.2) is 0 Å². The van der Waals surface area contributed by atoms with Crippen LogP contribution in [-0.4, -0.2) is 39.9 Å². The molecule has 1 aromatic rings. The molecule has 0 aliphatic carbocycles. The van der Waals surface area contributed by atoms with E-state index < -0.39 is 10.9 Å². The second-order valence-electron chi connectivity index (χ2n) is 5.09. The van der Waals surface area contributed by atoms with Gasteiger partial charge < -0.3 is 10.0 Å². The molecule has 0 saturated carbocycles. The standard InChI is InChI=1S/C13H16N2O5S/c16-12(17)6-3-9-2-1-7-14(8-9)13(18)10-4-5-11(21-10)15(19)20/h4-5,9H,1-3,6-8H2,(H,16,17). The molecule has 8 heteroatoms. The summed E-state index contributed by atoms with van der Waals surface area (Å²) in [6.07, 6.45) is 2.42. The van der Waals surface area contributed by atoms with E-state index in [1.54, 1.807) is 4.90 Å². The molecule has 114 valence electrons. The molecule has 1 fully saturated rings. The Labute approximate surface area is 125 Å². The topological polar surface area (TPSA) is 101 Å². The number of hydrogen-bond acceptors (Lipinski definition) is 5. The van der Waals surface area contributed by atoms with Gasteiger partial charge in [0.25, 0.3) is 5.91 Å². The van der Waals surface area contributed by atoms with Crippen molar-refractivity contribution in [1.29, 1.82) is 0 Å². The number of amides is 1. The molecule has 1 aliphatic heterocycles. The van der Waals surface area contributed by atoms with E-state index in [2.05, 4.69) is 0 Å². The number of thiophene rings is 1. The van der Waals surface area contributed by atoms with E-state index in [1.807, 2.05) is 0 Å². The molecule has 2 rings (SSSR count). The van der Waals surface area contributed by atoms with Gasteiger partial charge >= 0.3 is 11.0 Å². The monoisotopic (exact) mass is 312 g/mol. The first kappa shape index (κ1) is 15.4. The minimum atomic E-state index is -0.827. The number of carbonyl (C=O) groups excluding carboxylic acids is 1. The minimum absolute atomic E-state index is 0.0437. The summed E-state index contributed by atoms with van der Waals surface area (Å²) < 4.78 is 0.